The summed E-state index contributed by atoms with van der Waals surface area (Å²) in [5, 5.41) is 12.2. The molecule has 0 aliphatic carbocycles. The summed E-state index contributed by atoms with van der Waals surface area (Å²) in [4.78, 5) is 4.45. The van der Waals surface area contributed by atoms with Crippen molar-refractivity contribution in [2.75, 3.05) is 7.11 Å². The lowest BCUT2D eigenvalue weighted by molar-refractivity contribution is 0.215. The van der Waals surface area contributed by atoms with Crippen molar-refractivity contribution >= 4 is 12.3 Å². The maximum atomic E-state index is 12.6. The topological polar surface area (TPSA) is 45.4 Å². The van der Waals surface area contributed by atoms with Crippen molar-refractivity contribution in [2.45, 2.75) is 0 Å². The van der Waals surface area contributed by atoms with Gasteiger partial charge in [-0.05, 0) is 23.8 Å². The fourth-order valence-electron chi connectivity index (χ4n) is 0.946. The van der Waals surface area contributed by atoms with Gasteiger partial charge in [-0.1, -0.05) is 17.3 Å². The van der Waals surface area contributed by atoms with Crippen LogP contribution >= 0.6 is 0 Å². The summed E-state index contributed by atoms with van der Waals surface area (Å²) in [5.41, 5.74) is 1.07. The minimum atomic E-state index is -0.309. The summed E-state index contributed by atoms with van der Waals surface area (Å²) in [5.74, 6) is -0.309. The van der Waals surface area contributed by atoms with Gasteiger partial charge in [-0.25, -0.2) is 4.39 Å². The molecule has 0 saturated carbocycles. The predicted molar refractivity (Wildman–Crippen MR) is 55.5 cm³/mol. The Hall–Kier alpha value is -2.15. The highest BCUT2D eigenvalue weighted by atomic mass is 19.1. The lowest BCUT2D eigenvalue weighted by atomic mass is 10.1. The van der Waals surface area contributed by atoms with E-state index >= 15 is 0 Å². The first kappa shape index (κ1) is 10.9. The van der Waals surface area contributed by atoms with Crippen LogP contribution in [0.25, 0.3) is 6.08 Å². The third-order valence-electron chi connectivity index (χ3n) is 1.62. The van der Waals surface area contributed by atoms with Crippen LogP contribution in [0.3, 0.4) is 0 Å². The van der Waals surface area contributed by atoms with Gasteiger partial charge in [0.2, 0.25) is 0 Å². The third-order valence-corrected chi connectivity index (χ3v) is 1.62. The second kappa shape index (κ2) is 5.55. The number of hydrogen-bond donors (Lipinski definition) is 0. The molecule has 0 fully saturated rings. The van der Waals surface area contributed by atoms with Crippen LogP contribution < -0.4 is 0 Å². The Morgan fingerprint density at radius 1 is 1.47 bits per heavy atom. The van der Waals surface area contributed by atoms with Gasteiger partial charge in [0.05, 0.1) is 11.8 Å². The highest BCUT2D eigenvalue weighted by molar-refractivity contribution is 5.89. The smallest absolute Gasteiger partial charge is 0.123 e. The summed E-state index contributed by atoms with van der Waals surface area (Å²) in [6, 6.07) is 7.75. The van der Waals surface area contributed by atoms with E-state index in [9.17, 15) is 4.39 Å². The highest BCUT2D eigenvalue weighted by Crippen LogP contribution is 2.07. The van der Waals surface area contributed by atoms with Gasteiger partial charge in [0.25, 0.3) is 0 Å². The van der Waals surface area contributed by atoms with Gasteiger partial charge in [0, 0.05) is 0 Å². The molecular formula is C11H9FN2O. The molecule has 0 spiro atoms. The van der Waals surface area contributed by atoms with Gasteiger partial charge in [-0.2, -0.15) is 5.26 Å². The van der Waals surface area contributed by atoms with E-state index in [-0.39, 0.29) is 5.82 Å². The Morgan fingerprint density at radius 3 is 2.67 bits per heavy atom. The number of oxime groups is 1. The zero-order chi connectivity index (χ0) is 11.1. The molecule has 0 atom stereocenters. The Kier molecular flexibility index (Phi) is 4.05. The maximum Gasteiger partial charge on any atom is 0.123 e. The molecule has 1 aromatic carbocycles. The first-order chi connectivity index (χ1) is 7.26. The van der Waals surface area contributed by atoms with Crippen LogP contribution in [0, 0.1) is 17.1 Å². The molecule has 0 bridgehead atoms. The number of nitriles is 1. The number of nitrogens with zero attached hydrogens (tertiary/aromatic N) is 2. The first-order valence-electron chi connectivity index (χ1n) is 4.20. The quantitative estimate of drug-likeness (QED) is 0.431. The standard InChI is InChI=1S/C11H9FN2O/c1-15-14-8-10(7-13)6-9-2-4-11(12)5-3-9/h2-6,8H,1H3. The van der Waals surface area contributed by atoms with Crippen molar-refractivity contribution in [3.63, 3.8) is 0 Å². The number of allylic oxidation sites excluding steroid dienone is 1. The van der Waals surface area contributed by atoms with Crippen molar-refractivity contribution in [3.05, 3.63) is 41.2 Å². The third kappa shape index (κ3) is 3.61. The van der Waals surface area contributed by atoms with Crippen LogP contribution in [-0.4, -0.2) is 13.3 Å². The molecule has 0 amide bonds. The molecule has 3 nitrogen and oxygen atoms in total. The van der Waals surface area contributed by atoms with E-state index in [0.29, 0.717) is 5.57 Å². The average molecular weight is 204 g/mol. The summed E-state index contributed by atoms with van der Waals surface area (Å²) in [6.45, 7) is 0. The molecule has 15 heavy (non-hydrogen) atoms. The second-order valence-electron chi connectivity index (χ2n) is 2.68. The summed E-state index contributed by atoms with van der Waals surface area (Å²) >= 11 is 0. The molecule has 0 saturated heterocycles. The van der Waals surface area contributed by atoms with Gasteiger partial charge >= 0.3 is 0 Å². The lowest BCUT2D eigenvalue weighted by Gasteiger charge is -1.93. The van der Waals surface area contributed by atoms with Gasteiger partial charge < -0.3 is 4.84 Å². The highest BCUT2D eigenvalue weighted by Gasteiger charge is 1.93. The van der Waals surface area contributed by atoms with E-state index in [2.05, 4.69) is 9.99 Å². The molecule has 4 heteroatoms. The molecule has 0 heterocycles. The van der Waals surface area contributed by atoms with Crippen LogP contribution in [-0.2, 0) is 4.84 Å². The van der Waals surface area contributed by atoms with E-state index in [1.807, 2.05) is 6.07 Å². The van der Waals surface area contributed by atoms with Gasteiger partial charge in [0.15, 0.2) is 0 Å². The fourth-order valence-corrected chi connectivity index (χ4v) is 0.946. The van der Waals surface area contributed by atoms with Crippen LogP contribution in [0.1, 0.15) is 5.56 Å². The lowest BCUT2D eigenvalue weighted by Crippen LogP contribution is -1.83. The van der Waals surface area contributed by atoms with Crippen molar-refractivity contribution in [3.8, 4) is 6.07 Å². The van der Waals surface area contributed by atoms with E-state index in [0.717, 1.165) is 5.56 Å². The predicted octanol–water partition coefficient (Wildman–Crippen LogP) is 2.36. The molecule has 0 aromatic heterocycles. The van der Waals surface area contributed by atoms with Crippen molar-refractivity contribution in [1.82, 2.24) is 0 Å². The number of benzene rings is 1. The molecule has 76 valence electrons. The molecule has 0 aliphatic rings. The minimum Gasteiger partial charge on any atom is -0.399 e. The Labute approximate surface area is 87.1 Å². The summed E-state index contributed by atoms with van der Waals surface area (Å²) < 4.78 is 12.6. The number of hydrogen-bond acceptors (Lipinski definition) is 3. The zero-order valence-corrected chi connectivity index (χ0v) is 8.14. The van der Waals surface area contributed by atoms with E-state index in [1.165, 1.54) is 25.5 Å². The molecule has 0 aliphatic heterocycles. The zero-order valence-electron chi connectivity index (χ0n) is 8.14. The van der Waals surface area contributed by atoms with Crippen LogP contribution in [0.5, 0.6) is 0 Å². The van der Waals surface area contributed by atoms with Crippen molar-refractivity contribution in [1.29, 1.82) is 5.26 Å². The maximum absolute atomic E-state index is 12.6. The first-order valence-corrected chi connectivity index (χ1v) is 4.20. The Balaban J connectivity index is 2.89. The van der Waals surface area contributed by atoms with Crippen LogP contribution in [0.15, 0.2) is 35.0 Å². The van der Waals surface area contributed by atoms with E-state index < -0.39 is 0 Å². The Morgan fingerprint density at radius 2 is 2.13 bits per heavy atom. The largest absolute Gasteiger partial charge is 0.399 e. The van der Waals surface area contributed by atoms with E-state index in [1.54, 1.807) is 18.2 Å². The summed E-state index contributed by atoms with van der Waals surface area (Å²) in [7, 11) is 1.39. The van der Waals surface area contributed by atoms with Crippen LogP contribution in [0.2, 0.25) is 0 Å². The number of rotatable bonds is 3. The molecule has 0 unspecified atom stereocenters. The van der Waals surface area contributed by atoms with E-state index in [4.69, 9.17) is 5.26 Å². The second-order valence-corrected chi connectivity index (χ2v) is 2.68. The Bertz CT molecular complexity index is 415. The molecule has 0 N–H and O–H groups in total. The monoisotopic (exact) mass is 204 g/mol. The van der Waals surface area contributed by atoms with Gasteiger partial charge in [0.1, 0.15) is 19.0 Å². The van der Waals surface area contributed by atoms with Crippen molar-refractivity contribution in [2.24, 2.45) is 5.16 Å². The molecular weight excluding hydrogens is 195 g/mol. The fraction of sp³-hybridized carbons (Fsp3) is 0.0909. The average Bonchev–Trinajstić information content (AvgIpc) is 2.27. The minimum absolute atomic E-state index is 0.309. The molecule has 1 rings (SSSR count). The molecule has 0 radical (unpaired) electrons. The number of halogens is 1. The SMILES string of the molecule is CON=CC(C#N)=Cc1ccc(F)cc1. The summed E-state index contributed by atoms with van der Waals surface area (Å²) in [6.07, 6.45) is 2.88. The van der Waals surface area contributed by atoms with Gasteiger partial charge in [-0.15, -0.1) is 0 Å². The normalized spacial score (nSPS) is 11.4. The van der Waals surface area contributed by atoms with Crippen LogP contribution in [0.4, 0.5) is 4.39 Å². The molecule has 1 aromatic rings. The van der Waals surface area contributed by atoms with Crippen molar-refractivity contribution < 1.29 is 9.23 Å². The van der Waals surface area contributed by atoms with Gasteiger partial charge in [-0.3, -0.25) is 0 Å².